The van der Waals surface area contributed by atoms with Crippen molar-refractivity contribution in [1.82, 2.24) is 0 Å². The van der Waals surface area contributed by atoms with Gasteiger partial charge in [0, 0.05) is 6.07 Å². The summed E-state index contributed by atoms with van der Waals surface area (Å²) in [6.07, 6.45) is 0. The number of nitro groups is 1. The monoisotopic (exact) mass is 245 g/mol. The molecule has 0 aliphatic carbocycles. The van der Waals surface area contributed by atoms with E-state index in [1.165, 1.54) is 6.07 Å². The van der Waals surface area contributed by atoms with Crippen molar-refractivity contribution >= 4 is 21.6 Å². The zero-order valence-electron chi connectivity index (χ0n) is 7.87. The molecule has 4 heteroatoms. The van der Waals surface area contributed by atoms with Crippen LogP contribution in [0.1, 0.15) is 19.4 Å². The zero-order valence-corrected chi connectivity index (χ0v) is 9.46. The van der Waals surface area contributed by atoms with E-state index in [9.17, 15) is 10.1 Å². The molecule has 0 heterocycles. The minimum atomic E-state index is -0.413. The van der Waals surface area contributed by atoms with Gasteiger partial charge in [-0.05, 0) is 34.5 Å². The normalized spacial score (nSPS) is 8.62. The zero-order chi connectivity index (χ0) is 10.4. The second-order valence-electron chi connectivity index (χ2n) is 2.21. The van der Waals surface area contributed by atoms with Crippen LogP contribution in [0.5, 0.6) is 0 Å². The van der Waals surface area contributed by atoms with Crippen LogP contribution in [0.2, 0.25) is 0 Å². The van der Waals surface area contributed by atoms with Crippen molar-refractivity contribution in [3.8, 4) is 0 Å². The summed E-state index contributed by atoms with van der Waals surface area (Å²) in [6, 6.07) is 4.92. The Morgan fingerprint density at radius 2 is 1.92 bits per heavy atom. The first-order valence-electron chi connectivity index (χ1n) is 4.02. The smallest absolute Gasteiger partial charge is 0.258 e. The predicted octanol–water partition coefficient (Wildman–Crippen LogP) is 3.69. The summed E-state index contributed by atoms with van der Waals surface area (Å²) in [5.41, 5.74) is 1.11. The first kappa shape index (κ1) is 12.1. The fourth-order valence-electron chi connectivity index (χ4n) is 0.760. The average molecular weight is 246 g/mol. The van der Waals surface area contributed by atoms with Gasteiger partial charge in [-0.3, -0.25) is 10.1 Å². The lowest BCUT2D eigenvalue weighted by Crippen LogP contribution is -1.88. The summed E-state index contributed by atoms with van der Waals surface area (Å²) in [5, 5.41) is 10.3. The summed E-state index contributed by atoms with van der Waals surface area (Å²) >= 11 is 3.11. The van der Waals surface area contributed by atoms with Crippen LogP contribution in [-0.2, 0) is 0 Å². The largest absolute Gasteiger partial charge is 0.283 e. The molecule has 0 saturated carbocycles. The third kappa shape index (κ3) is 3.55. The van der Waals surface area contributed by atoms with Crippen LogP contribution in [0.25, 0.3) is 0 Å². The predicted molar refractivity (Wildman–Crippen MR) is 56.9 cm³/mol. The number of hydrogen-bond acceptors (Lipinski definition) is 2. The number of nitrogens with zero attached hydrogens (tertiary/aromatic N) is 1. The number of hydrogen-bond donors (Lipinski definition) is 0. The second-order valence-corrected chi connectivity index (χ2v) is 3.07. The fraction of sp³-hybridized carbons (Fsp3) is 0.333. The third-order valence-electron chi connectivity index (χ3n) is 1.30. The summed E-state index contributed by atoms with van der Waals surface area (Å²) < 4.78 is 0.530. The minimum absolute atomic E-state index is 0.107. The lowest BCUT2D eigenvalue weighted by Gasteiger charge is -1.95. The van der Waals surface area contributed by atoms with Crippen LogP contribution in [0.15, 0.2) is 22.7 Å². The highest BCUT2D eigenvalue weighted by atomic mass is 79.9. The number of nitro benzene ring substituents is 1. The van der Waals surface area contributed by atoms with Crippen molar-refractivity contribution < 1.29 is 4.92 Å². The maximum Gasteiger partial charge on any atom is 0.283 e. The highest BCUT2D eigenvalue weighted by molar-refractivity contribution is 9.10. The van der Waals surface area contributed by atoms with Gasteiger partial charge in [-0.2, -0.15) is 0 Å². The summed E-state index contributed by atoms with van der Waals surface area (Å²) in [4.78, 5) is 9.90. The molecule has 0 aliphatic heterocycles. The van der Waals surface area contributed by atoms with Gasteiger partial charge in [0.1, 0.15) is 0 Å². The van der Waals surface area contributed by atoms with Gasteiger partial charge >= 0.3 is 0 Å². The van der Waals surface area contributed by atoms with Gasteiger partial charge in [0.15, 0.2) is 0 Å². The molecule has 0 unspecified atom stereocenters. The van der Waals surface area contributed by atoms with Crippen molar-refractivity contribution in [2.75, 3.05) is 0 Å². The van der Waals surface area contributed by atoms with Crippen LogP contribution in [-0.4, -0.2) is 4.92 Å². The third-order valence-corrected chi connectivity index (χ3v) is 1.94. The SMILES string of the molecule is CC.Cc1ccc([N+](=O)[O-])c(Br)c1. The Morgan fingerprint density at radius 3 is 2.31 bits per heavy atom. The molecule has 1 rings (SSSR count). The van der Waals surface area contributed by atoms with E-state index in [0.29, 0.717) is 4.47 Å². The molecule has 3 nitrogen and oxygen atoms in total. The van der Waals surface area contributed by atoms with Crippen LogP contribution < -0.4 is 0 Å². The van der Waals surface area contributed by atoms with E-state index in [2.05, 4.69) is 15.9 Å². The summed E-state index contributed by atoms with van der Waals surface area (Å²) in [6.45, 7) is 5.88. The average Bonchev–Trinajstić information content (AvgIpc) is 2.07. The summed E-state index contributed by atoms with van der Waals surface area (Å²) in [5.74, 6) is 0. The molecule has 0 saturated heterocycles. The van der Waals surface area contributed by atoms with E-state index in [0.717, 1.165) is 5.56 Å². The molecule has 0 aliphatic rings. The van der Waals surface area contributed by atoms with Gasteiger partial charge in [0.2, 0.25) is 0 Å². The molecule has 0 radical (unpaired) electrons. The van der Waals surface area contributed by atoms with Crippen LogP contribution in [0, 0.1) is 17.0 Å². The molecule has 1 aromatic rings. The molecule has 0 fully saturated rings. The van der Waals surface area contributed by atoms with E-state index >= 15 is 0 Å². The first-order chi connectivity index (χ1) is 6.11. The molecule has 0 atom stereocenters. The Bertz CT molecular complexity index is 300. The maximum absolute atomic E-state index is 10.3. The number of aryl methyl sites for hydroxylation is 1. The molecule has 0 aromatic heterocycles. The first-order valence-corrected chi connectivity index (χ1v) is 4.81. The van der Waals surface area contributed by atoms with Gasteiger partial charge in [0.25, 0.3) is 5.69 Å². The molecular formula is C9H12BrNO2. The lowest BCUT2D eigenvalue weighted by atomic mass is 10.2. The quantitative estimate of drug-likeness (QED) is 0.560. The van der Waals surface area contributed by atoms with Crippen molar-refractivity contribution in [2.45, 2.75) is 20.8 Å². The van der Waals surface area contributed by atoms with E-state index in [-0.39, 0.29) is 5.69 Å². The molecule has 1 aromatic carbocycles. The van der Waals surface area contributed by atoms with Crippen molar-refractivity contribution in [3.05, 3.63) is 38.3 Å². The standard InChI is InChI=1S/C7H6BrNO2.C2H6/c1-5-2-3-7(9(10)11)6(8)4-5;1-2/h2-4H,1H3;1-2H3. The van der Waals surface area contributed by atoms with E-state index in [1.807, 2.05) is 20.8 Å². The van der Waals surface area contributed by atoms with Crippen LogP contribution >= 0.6 is 15.9 Å². The molecule has 13 heavy (non-hydrogen) atoms. The summed E-state index contributed by atoms with van der Waals surface area (Å²) in [7, 11) is 0. The van der Waals surface area contributed by atoms with Crippen LogP contribution in [0.4, 0.5) is 5.69 Å². The Balaban J connectivity index is 0.000000671. The maximum atomic E-state index is 10.3. The van der Waals surface area contributed by atoms with Crippen molar-refractivity contribution in [2.24, 2.45) is 0 Å². The molecule has 0 N–H and O–H groups in total. The van der Waals surface area contributed by atoms with E-state index in [4.69, 9.17) is 0 Å². The van der Waals surface area contributed by atoms with E-state index in [1.54, 1.807) is 12.1 Å². The minimum Gasteiger partial charge on any atom is -0.258 e. The van der Waals surface area contributed by atoms with Gasteiger partial charge in [-0.1, -0.05) is 19.9 Å². The highest BCUT2D eigenvalue weighted by Gasteiger charge is 2.09. The molecule has 0 bridgehead atoms. The lowest BCUT2D eigenvalue weighted by molar-refractivity contribution is -0.385. The van der Waals surface area contributed by atoms with Crippen LogP contribution in [0.3, 0.4) is 0 Å². The van der Waals surface area contributed by atoms with Gasteiger partial charge in [-0.15, -0.1) is 0 Å². The molecule has 0 amide bonds. The van der Waals surface area contributed by atoms with Crippen molar-refractivity contribution in [3.63, 3.8) is 0 Å². The topological polar surface area (TPSA) is 43.1 Å². The highest BCUT2D eigenvalue weighted by Crippen LogP contribution is 2.24. The van der Waals surface area contributed by atoms with E-state index < -0.39 is 4.92 Å². The molecular weight excluding hydrogens is 234 g/mol. The van der Waals surface area contributed by atoms with Crippen molar-refractivity contribution in [1.29, 1.82) is 0 Å². The Labute approximate surface area is 86.1 Å². The van der Waals surface area contributed by atoms with Gasteiger partial charge in [-0.25, -0.2) is 0 Å². The molecule has 72 valence electrons. The number of rotatable bonds is 1. The second kappa shape index (κ2) is 5.70. The Morgan fingerprint density at radius 1 is 1.38 bits per heavy atom. The molecule has 0 spiro atoms. The van der Waals surface area contributed by atoms with Gasteiger partial charge < -0.3 is 0 Å². The van der Waals surface area contributed by atoms with Gasteiger partial charge in [0.05, 0.1) is 9.40 Å². The Hall–Kier alpha value is -0.900. The fourth-order valence-corrected chi connectivity index (χ4v) is 1.40. The Kier molecular flexibility index (Phi) is 5.30. The number of benzene rings is 1. The number of halogens is 1.